The molecule has 33 heteroatoms. The molecular weight excluding hydrogens is 1260 g/mol. The molecule has 0 bridgehead atoms. The fourth-order valence-corrected chi connectivity index (χ4v) is 11.3. The Morgan fingerprint density at radius 1 is 0.557 bits per heavy atom. The second-order valence-electron chi connectivity index (χ2n) is 24.8. The zero-order chi connectivity index (χ0) is 71.7. The molecule has 2 aromatic rings. The minimum Gasteiger partial charge on any atom is -0.370 e. The van der Waals surface area contributed by atoms with Gasteiger partial charge < -0.3 is 92.5 Å². The maximum atomic E-state index is 14.7. The third-order valence-corrected chi connectivity index (χ3v) is 16.5. The van der Waals surface area contributed by atoms with Crippen molar-refractivity contribution in [3.63, 3.8) is 0 Å². The van der Waals surface area contributed by atoms with E-state index < -0.39 is 169 Å². The van der Waals surface area contributed by atoms with Crippen molar-refractivity contribution < 1.29 is 62.3 Å². The number of aliphatic imine (C=N–C) groups is 1. The molecular formula is C64H99N20O13+. The van der Waals surface area contributed by atoms with E-state index in [1.807, 2.05) is 20.8 Å². The number of nitrogens with one attached hydrogen (secondary N) is 8. The van der Waals surface area contributed by atoms with Gasteiger partial charge in [-0.05, 0) is 107 Å². The molecule has 0 spiro atoms. The quantitative estimate of drug-likeness (QED) is 0.0138. The van der Waals surface area contributed by atoms with Gasteiger partial charge in [0.25, 0.3) is 0 Å². The molecule has 4 rings (SSSR count). The lowest BCUT2D eigenvalue weighted by Crippen LogP contribution is -2.60. The van der Waals surface area contributed by atoms with Crippen molar-refractivity contribution in [3.8, 4) is 0 Å². The average molecular weight is 1360 g/mol. The van der Waals surface area contributed by atoms with Gasteiger partial charge in [0.15, 0.2) is 10.9 Å². The van der Waals surface area contributed by atoms with Crippen LogP contribution in [0.3, 0.4) is 0 Å². The van der Waals surface area contributed by atoms with Gasteiger partial charge in [-0.1, -0.05) is 76.1 Å². The summed E-state index contributed by atoms with van der Waals surface area (Å²) in [4.78, 5) is 188. The van der Waals surface area contributed by atoms with Crippen molar-refractivity contribution in [2.45, 2.75) is 203 Å². The number of likely N-dealkylation sites (tertiary alicyclic amines) is 2. The third-order valence-electron chi connectivity index (χ3n) is 16.5. The van der Waals surface area contributed by atoms with Crippen molar-refractivity contribution >= 4 is 88.4 Å². The molecule has 2 aliphatic rings. The highest BCUT2D eigenvalue weighted by molar-refractivity contribution is 5.99. The van der Waals surface area contributed by atoms with Crippen LogP contribution in [0.4, 0.5) is 5.69 Å². The Bertz CT molecular complexity index is 3110. The predicted molar refractivity (Wildman–Crippen MR) is 357 cm³/mol. The minimum absolute atomic E-state index is 0.0622. The van der Waals surface area contributed by atoms with E-state index in [1.54, 1.807) is 30.3 Å². The van der Waals surface area contributed by atoms with Gasteiger partial charge in [0.1, 0.15) is 54.4 Å². The van der Waals surface area contributed by atoms with Gasteiger partial charge in [0, 0.05) is 57.5 Å². The predicted octanol–water partition coefficient (Wildman–Crippen LogP) is -2.79. The standard InChI is InChI=1S/C64H98N20O13/c1-4-5-17-42(54(69)88)76-58(92)46(33-37(2)3)75-53(87)36-74-55(89)47(35-39-21-23-40(82-72)24-22-39)80-59(93)48(34-38-14-7-6-8-15-38)81-57(91)43(25-27-51(67)85)77-56(90)44(26-28-52(68)86)78-60(94)50-20-13-32-84(50)63(97)45(18-9-10-29-65)79-61(95)49-19-12-31-83(49)62(96)41(66)16-11-30-73-64(70)71/h6-8,14-15,21-24,37,41-50H,4-5,9-13,16-20,25-36,65-66H2,1-3H3,(H17-,67,68,69,70,71,73,74,75,76,77,78,79,80,81,85,86,87,88,89,90,91,92,93,94,95)/p+1/t41-,42-,43-,44-,45-,46-,47-,48-,49-,50-/m0/s1. The molecule has 2 aliphatic heterocycles. The number of diazo groups is 1. The van der Waals surface area contributed by atoms with Crippen LogP contribution in [0, 0.1) is 11.3 Å². The number of unbranched alkanes of at least 4 members (excludes halogenated alkanes) is 2. The first-order chi connectivity index (χ1) is 46.2. The highest BCUT2D eigenvalue weighted by atomic mass is 16.2. The van der Waals surface area contributed by atoms with E-state index in [2.05, 4.69) is 52.5 Å². The normalized spacial score (nSPS) is 16.6. The SMILES string of the molecule is CCCC[C@H](NC(=O)[C@H](CC(C)C)NC(=O)CNC(=O)[C@H](Cc1ccc([N+]#N)cc1)NC(=O)[C@H](Cc1ccccc1)NC(=O)[C@H](CCC(N)=O)NC(=O)[C@H](CCC(N)=O)NC(=O)[C@@H]1CCCN1C(=O)[C@H](CCCCN)NC(=O)[C@@H]1CCCN1C(=O)[C@@H](N)CCCN=C(N)N)C(N)=O. The summed E-state index contributed by atoms with van der Waals surface area (Å²) < 4.78 is 0. The highest BCUT2D eigenvalue weighted by Crippen LogP contribution is 2.24. The number of hydrogen-bond donors (Lipinski definition) is 15. The lowest BCUT2D eigenvalue weighted by molar-refractivity contribution is -0.144. The van der Waals surface area contributed by atoms with Gasteiger partial charge in [0.05, 0.1) is 12.6 Å². The van der Waals surface area contributed by atoms with E-state index in [0.29, 0.717) is 56.1 Å². The summed E-state index contributed by atoms with van der Waals surface area (Å²) in [6.07, 6.45) is 2.29. The van der Waals surface area contributed by atoms with E-state index >= 15 is 0 Å². The molecule has 13 amide bonds. The summed E-state index contributed by atoms with van der Waals surface area (Å²) in [6.45, 7) is 5.67. The Hall–Kier alpha value is -9.84. The largest absolute Gasteiger partial charge is 0.385 e. The summed E-state index contributed by atoms with van der Waals surface area (Å²) in [5, 5.41) is 30.3. The number of carbonyl (C=O) groups is 13. The molecule has 0 aromatic heterocycles. The Labute approximate surface area is 564 Å². The molecule has 2 heterocycles. The van der Waals surface area contributed by atoms with Gasteiger partial charge in [-0.15, -0.1) is 0 Å². The molecule has 97 heavy (non-hydrogen) atoms. The maximum Gasteiger partial charge on any atom is 0.385 e. The molecule has 22 N–H and O–H groups in total. The Kier molecular flexibility index (Phi) is 33.8. The number of amides is 13. The lowest BCUT2D eigenvalue weighted by atomic mass is 10.0. The summed E-state index contributed by atoms with van der Waals surface area (Å²) in [5.41, 5.74) is 40.6. The van der Waals surface area contributed by atoms with Gasteiger partial charge in [-0.2, -0.15) is 0 Å². The summed E-state index contributed by atoms with van der Waals surface area (Å²) >= 11 is 0. The van der Waals surface area contributed by atoms with Gasteiger partial charge in [-0.25, -0.2) is 0 Å². The van der Waals surface area contributed by atoms with Crippen LogP contribution in [-0.4, -0.2) is 186 Å². The van der Waals surface area contributed by atoms with Crippen LogP contribution < -0.4 is 82.7 Å². The number of primary amides is 3. The van der Waals surface area contributed by atoms with Crippen molar-refractivity contribution in [2.24, 2.45) is 51.0 Å². The van der Waals surface area contributed by atoms with Crippen molar-refractivity contribution in [1.82, 2.24) is 52.3 Å². The summed E-state index contributed by atoms with van der Waals surface area (Å²) in [5.74, 6) is -10.6. The summed E-state index contributed by atoms with van der Waals surface area (Å²) in [6, 6.07) is 1.48. The fraction of sp³-hybridized carbons (Fsp3) is 0.594. The first-order valence-electron chi connectivity index (χ1n) is 33.0. The number of nitrogens with two attached hydrogens (primary N) is 7. The van der Waals surface area contributed by atoms with Crippen LogP contribution in [0.5, 0.6) is 0 Å². The van der Waals surface area contributed by atoms with E-state index in [0.717, 1.165) is 6.42 Å². The van der Waals surface area contributed by atoms with Crippen LogP contribution in [-0.2, 0) is 75.2 Å². The molecule has 0 unspecified atom stereocenters. The van der Waals surface area contributed by atoms with E-state index in [9.17, 15) is 67.7 Å². The van der Waals surface area contributed by atoms with E-state index in [1.165, 1.54) is 34.1 Å². The molecule has 0 saturated carbocycles. The van der Waals surface area contributed by atoms with Crippen molar-refractivity contribution in [3.05, 3.63) is 70.7 Å². The number of carbonyl (C=O) groups excluding carboxylic acids is 13. The smallest absolute Gasteiger partial charge is 0.370 e. The number of nitrogens with zero attached hydrogens (tertiary/aromatic N) is 5. The van der Waals surface area contributed by atoms with Crippen molar-refractivity contribution in [1.29, 1.82) is 5.39 Å². The first kappa shape index (κ1) is 79.6. The van der Waals surface area contributed by atoms with Crippen LogP contribution >= 0.6 is 0 Å². The minimum atomic E-state index is -1.67. The van der Waals surface area contributed by atoms with Crippen LogP contribution in [0.25, 0.3) is 4.98 Å². The molecule has 10 atom stereocenters. The van der Waals surface area contributed by atoms with Gasteiger partial charge >= 0.3 is 5.69 Å². The molecule has 2 fully saturated rings. The number of guanidine groups is 1. The zero-order valence-electron chi connectivity index (χ0n) is 55.6. The fourth-order valence-electron chi connectivity index (χ4n) is 11.3. The second kappa shape index (κ2) is 41.2. The second-order valence-corrected chi connectivity index (χ2v) is 24.8. The molecule has 2 saturated heterocycles. The average Bonchev–Trinajstić information content (AvgIpc) is 1.76. The molecule has 532 valence electrons. The van der Waals surface area contributed by atoms with E-state index in [-0.39, 0.29) is 88.7 Å². The molecule has 33 nitrogen and oxygen atoms in total. The highest BCUT2D eigenvalue weighted by Gasteiger charge is 2.42. The van der Waals surface area contributed by atoms with Crippen LogP contribution in [0.1, 0.15) is 141 Å². The Balaban J connectivity index is 1.59. The third kappa shape index (κ3) is 27.4. The zero-order valence-corrected chi connectivity index (χ0v) is 55.6. The summed E-state index contributed by atoms with van der Waals surface area (Å²) in [7, 11) is 0. The lowest BCUT2D eigenvalue weighted by Gasteiger charge is -2.32. The first-order valence-corrected chi connectivity index (χ1v) is 33.0. The van der Waals surface area contributed by atoms with E-state index in [4.69, 9.17) is 40.1 Å². The van der Waals surface area contributed by atoms with Crippen molar-refractivity contribution in [2.75, 3.05) is 32.7 Å². The molecule has 0 aliphatic carbocycles. The van der Waals surface area contributed by atoms with Gasteiger partial charge in [-0.3, -0.25) is 67.3 Å². The molecule has 0 radical (unpaired) electrons. The van der Waals surface area contributed by atoms with Crippen LogP contribution in [0.2, 0.25) is 0 Å². The van der Waals surface area contributed by atoms with Gasteiger partial charge in [0.2, 0.25) is 82.2 Å². The Morgan fingerprint density at radius 3 is 1.58 bits per heavy atom. The monoisotopic (exact) mass is 1360 g/mol. The number of rotatable bonds is 42. The Morgan fingerprint density at radius 2 is 1.05 bits per heavy atom. The topological polar surface area (TPSA) is 547 Å². The maximum absolute atomic E-state index is 14.7. The number of benzene rings is 2. The van der Waals surface area contributed by atoms with Crippen LogP contribution in [0.15, 0.2) is 59.6 Å². The molecule has 2 aromatic carbocycles. The number of hydrogen-bond acceptors (Lipinski definition) is 17.